The van der Waals surface area contributed by atoms with Crippen LogP contribution in [0.5, 0.6) is 0 Å². The van der Waals surface area contributed by atoms with Gasteiger partial charge in [-0.1, -0.05) is 18.1 Å². The number of nitrogens with zero attached hydrogens (tertiary/aromatic N) is 3. The summed E-state index contributed by atoms with van der Waals surface area (Å²) in [6.45, 7) is 4.08. The van der Waals surface area contributed by atoms with Crippen LogP contribution in [0.15, 0.2) is 27.6 Å². The minimum absolute atomic E-state index is 0.0228. The molecule has 0 unspecified atom stereocenters. The fourth-order valence-corrected chi connectivity index (χ4v) is 1.43. The van der Waals surface area contributed by atoms with Gasteiger partial charge in [0.05, 0.1) is 6.54 Å². The first-order chi connectivity index (χ1) is 7.70. The topological polar surface area (TPSA) is 60.9 Å². The smallest absolute Gasteiger partial charge is 0.253 e. The minimum atomic E-state index is -0.0228. The third-order valence-electron chi connectivity index (χ3n) is 2.33. The Morgan fingerprint density at radius 1 is 1.50 bits per heavy atom. The van der Waals surface area contributed by atoms with Gasteiger partial charge in [0.15, 0.2) is 5.82 Å². The molecule has 0 saturated heterocycles. The van der Waals surface area contributed by atoms with Crippen molar-refractivity contribution in [3.63, 3.8) is 0 Å². The van der Waals surface area contributed by atoms with E-state index in [1.54, 1.807) is 23.8 Å². The van der Waals surface area contributed by atoms with Gasteiger partial charge in [-0.2, -0.15) is 4.98 Å². The molecule has 2 heterocycles. The van der Waals surface area contributed by atoms with Crippen LogP contribution in [0.3, 0.4) is 0 Å². The number of aryl methyl sites for hydroxylation is 2. The number of hydrogen-bond donors (Lipinski definition) is 0. The lowest BCUT2D eigenvalue weighted by Gasteiger charge is -2.01. The maximum atomic E-state index is 11.7. The van der Waals surface area contributed by atoms with Crippen LogP contribution in [0, 0.1) is 6.92 Å². The maximum Gasteiger partial charge on any atom is 0.253 e. The first-order valence-electron chi connectivity index (χ1n) is 5.18. The molecule has 0 atom stereocenters. The van der Waals surface area contributed by atoms with Crippen molar-refractivity contribution in [2.24, 2.45) is 0 Å². The van der Waals surface area contributed by atoms with Crippen molar-refractivity contribution >= 4 is 0 Å². The highest BCUT2D eigenvalue weighted by Gasteiger charge is 2.06. The monoisotopic (exact) mass is 219 g/mol. The Bertz CT molecular complexity index is 542. The summed E-state index contributed by atoms with van der Waals surface area (Å²) in [6, 6.07) is 3.62. The summed E-state index contributed by atoms with van der Waals surface area (Å²) >= 11 is 0. The van der Waals surface area contributed by atoms with Crippen molar-refractivity contribution in [3.8, 4) is 0 Å². The van der Waals surface area contributed by atoms with Gasteiger partial charge in [0, 0.05) is 18.2 Å². The lowest BCUT2D eigenvalue weighted by Crippen LogP contribution is -2.22. The molecular weight excluding hydrogens is 206 g/mol. The Kier molecular flexibility index (Phi) is 2.85. The molecule has 0 spiro atoms. The molecule has 0 N–H and O–H groups in total. The molecule has 5 heteroatoms. The lowest BCUT2D eigenvalue weighted by molar-refractivity contribution is 0.375. The highest BCUT2D eigenvalue weighted by Crippen LogP contribution is 1.99. The number of aromatic nitrogens is 3. The van der Waals surface area contributed by atoms with E-state index in [1.165, 1.54) is 0 Å². The third kappa shape index (κ3) is 2.03. The molecule has 16 heavy (non-hydrogen) atoms. The van der Waals surface area contributed by atoms with Crippen LogP contribution in [0.2, 0.25) is 0 Å². The van der Waals surface area contributed by atoms with Crippen LogP contribution in [0.4, 0.5) is 0 Å². The van der Waals surface area contributed by atoms with Gasteiger partial charge in [-0.3, -0.25) is 4.79 Å². The van der Waals surface area contributed by atoms with Gasteiger partial charge in [-0.25, -0.2) is 0 Å². The third-order valence-corrected chi connectivity index (χ3v) is 2.33. The lowest BCUT2D eigenvalue weighted by atomic mass is 10.3. The Morgan fingerprint density at radius 2 is 2.31 bits per heavy atom. The molecule has 0 aliphatic heterocycles. The van der Waals surface area contributed by atoms with Crippen LogP contribution in [-0.4, -0.2) is 14.7 Å². The van der Waals surface area contributed by atoms with Gasteiger partial charge >= 0.3 is 0 Å². The molecular formula is C11H13N3O2. The molecule has 0 amide bonds. The summed E-state index contributed by atoms with van der Waals surface area (Å²) < 4.78 is 6.55. The van der Waals surface area contributed by atoms with Crippen LogP contribution in [-0.2, 0) is 13.0 Å². The summed E-state index contributed by atoms with van der Waals surface area (Å²) in [6.07, 6.45) is 2.42. The molecule has 2 aromatic heterocycles. The highest BCUT2D eigenvalue weighted by molar-refractivity contribution is 5.08. The van der Waals surface area contributed by atoms with E-state index in [9.17, 15) is 4.79 Å². The van der Waals surface area contributed by atoms with Gasteiger partial charge in [-0.05, 0) is 13.0 Å². The number of hydrogen-bond acceptors (Lipinski definition) is 4. The predicted octanol–water partition coefficient (Wildman–Crippen LogP) is 1.15. The highest BCUT2D eigenvalue weighted by atomic mass is 16.5. The zero-order valence-corrected chi connectivity index (χ0v) is 9.30. The first-order valence-corrected chi connectivity index (χ1v) is 5.18. The van der Waals surface area contributed by atoms with E-state index in [1.807, 2.05) is 13.0 Å². The summed E-state index contributed by atoms with van der Waals surface area (Å²) in [5, 5.41) is 3.81. The van der Waals surface area contributed by atoms with E-state index in [-0.39, 0.29) is 5.56 Å². The van der Waals surface area contributed by atoms with Gasteiger partial charge in [0.25, 0.3) is 5.56 Å². The fraction of sp³-hybridized carbons (Fsp3) is 0.364. The molecule has 84 valence electrons. The van der Waals surface area contributed by atoms with E-state index in [2.05, 4.69) is 10.1 Å². The summed E-state index contributed by atoms with van der Waals surface area (Å²) in [7, 11) is 0. The SMILES string of the molecule is CCc1nc(Cn2cccc(C)c2=O)no1. The number of pyridine rings is 1. The Hall–Kier alpha value is -1.91. The largest absolute Gasteiger partial charge is 0.339 e. The van der Waals surface area contributed by atoms with Gasteiger partial charge < -0.3 is 9.09 Å². The molecule has 0 saturated carbocycles. The Morgan fingerprint density at radius 3 is 3.00 bits per heavy atom. The first kappa shape index (κ1) is 10.6. The zero-order valence-electron chi connectivity index (χ0n) is 9.30. The van der Waals surface area contributed by atoms with Crippen molar-refractivity contribution in [1.29, 1.82) is 0 Å². The van der Waals surface area contributed by atoms with Crippen molar-refractivity contribution in [2.45, 2.75) is 26.8 Å². The molecule has 0 bridgehead atoms. The second kappa shape index (κ2) is 4.30. The van der Waals surface area contributed by atoms with Crippen molar-refractivity contribution in [2.75, 3.05) is 0 Å². The van der Waals surface area contributed by atoms with E-state index < -0.39 is 0 Å². The van der Waals surface area contributed by atoms with Crippen molar-refractivity contribution in [3.05, 3.63) is 46.0 Å². The summed E-state index contributed by atoms with van der Waals surface area (Å²) in [5.41, 5.74) is 0.687. The second-order valence-electron chi connectivity index (χ2n) is 3.58. The second-order valence-corrected chi connectivity index (χ2v) is 3.58. The molecule has 2 rings (SSSR count). The zero-order chi connectivity index (χ0) is 11.5. The normalized spacial score (nSPS) is 10.6. The van der Waals surface area contributed by atoms with E-state index in [0.29, 0.717) is 30.2 Å². The van der Waals surface area contributed by atoms with E-state index in [4.69, 9.17) is 4.52 Å². The van der Waals surface area contributed by atoms with E-state index in [0.717, 1.165) is 0 Å². The molecule has 0 fully saturated rings. The molecule has 5 nitrogen and oxygen atoms in total. The van der Waals surface area contributed by atoms with Gasteiger partial charge in [0.1, 0.15) is 0 Å². The molecule has 0 aliphatic rings. The van der Waals surface area contributed by atoms with Crippen LogP contribution in [0.1, 0.15) is 24.2 Å². The van der Waals surface area contributed by atoms with Crippen LogP contribution >= 0.6 is 0 Å². The van der Waals surface area contributed by atoms with Crippen molar-refractivity contribution in [1.82, 2.24) is 14.7 Å². The van der Waals surface area contributed by atoms with Crippen molar-refractivity contribution < 1.29 is 4.52 Å². The van der Waals surface area contributed by atoms with Gasteiger partial charge in [0.2, 0.25) is 5.89 Å². The molecule has 0 radical (unpaired) electrons. The number of rotatable bonds is 3. The van der Waals surface area contributed by atoms with Gasteiger partial charge in [-0.15, -0.1) is 0 Å². The van der Waals surface area contributed by atoms with E-state index >= 15 is 0 Å². The fourth-order valence-electron chi connectivity index (χ4n) is 1.43. The standard InChI is InChI=1S/C11H13N3O2/c1-3-10-12-9(13-16-10)7-14-6-4-5-8(2)11(14)15/h4-6H,3,7H2,1-2H3. The summed E-state index contributed by atoms with van der Waals surface area (Å²) in [5.74, 6) is 1.13. The Balaban J connectivity index is 2.27. The minimum Gasteiger partial charge on any atom is -0.339 e. The average molecular weight is 219 g/mol. The molecule has 0 aromatic carbocycles. The summed E-state index contributed by atoms with van der Waals surface area (Å²) in [4.78, 5) is 15.9. The Labute approximate surface area is 92.7 Å². The molecule has 0 aliphatic carbocycles. The quantitative estimate of drug-likeness (QED) is 0.777. The predicted molar refractivity (Wildman–Crippen MR) is 58.2 cm³/mol. The molecule has 2 aromatic rings. The van der Waals surface area contributed by atoms with Crippen LogP contribution < -0.4 is 5.56 Å². The van der Waals surface area contributed by atoms with Crippen LogP contribution in [0.25, 0.3) is 0 Å². The average Bonchev–Trinajstić information content (AvgIpc) is 2.73. The maximum absolute atomic E-state index is 11.7.